The van der Waals surface area contributed by atoms with Crippen molar-refractivity contribution in [2.75, 3.05) is 19.6 Å². The van der Waals surface area contributed by atoms with E-state index >= 15 is 0 Å². The molecule has 1 aliphatic heterocycles. The Hall–Kier alpha value is -3.84. The molecular formula is C26H26N4O3. The van der Waals surface area contributed by atoms with E-state index in [2.05, 4.69) is 33.6 Å². The van der Waals surface area contributed by atoms with Crippen LogP contribution in [0.3, 0.4) is 0 Å². The maximum absolute atomic E-state index is 13.0. The van der Waals surface area contributed by atoms with Crippen LogP contribution in [0.15, 0.2) is 54.9 Å². The van der Waals surface area contributed by atoms with Gasteiger partial charge in [0.2, 0.25) is 0 Å². The number of rotatable bonds is 7. The number of hydrogen-bond acceptors (Lipinski definition) is 4. The minimum Gasteiger partial charge on any atom is -0.508 e. The summed E-state index contributed by atoms with van der Waals surface area (Å²) in [7, 11) is 0. The van der Waals surface area contributed by atoms with Crippen LogP contribution in [0.4, 0.5) is 0 Å². The van der Waals surface area contributed by atoms with Crippen LogP contribution in [0.25, 0.3) is 33.0 Å². The number of benzene rings is 2. The molecule has 0 radical (unpaired) electrons. The Balaban J connectivity index is 1.71. The second-order valence-corrected chi connectivity index (χ2v) is 8.25. The molecule has 0 unspecified atom stereocenters. The molecule has 7 heteroatoms. The Morgan fingerprint density at radius 3 is 2.42 bits per heavy atom. The molecule has 0 saturated carbocycles. The molecule has 2 amide bonds. The van der Waals surface area contributed by atoms with Gasteiger partial charge in [0.05, 0.1) is 16.7 Å². The Morgan fingerprint density at radius 1 is 0.939 bits per heavy atom. The summed E-state index contributed by atoms with van der Waals surface area (Å²) in [5.41, 5.74) is 3.85. The van der Waals surface area contributed by atoms with Gasteiger partial charge < -0.3 is 19.6 Å². The largest absolute Gasteiger partial charge is 0.508 e. The van der Waals surface area contributed by atoms with Crippen molar-refractivity contribution in [3.05, 3.63) is 66.0 Å². The van der Waals surface area contributed by atoms with Gasteiger partial charge >= 0.3 is 0 Å². The van der Waals surface area contributed by atoms with Crippen molar-refractivity contribution in [3.63, 3.8) is 0 Å². The summed E-state index contributed by atoms with van der Waals surface area (Å²) in [6, 6.07) is 12.8. The second-order valence-electron chi connectivity index (χ2n) is 8.25. The maximum Gasteiger partial charge on any atom is 0.259 e. The third-order valence-corrected chi connectivity index (χ3v) is 6.48. The molecule has 33 heavy (non-hydrogen) atoms. The van der Waals surface area contributed by atoms with E-state index < -0.39 is 11.8 Å². The van der Waals surface area contributed by atoms with E-state index in [-0.39, 0.29) is 5.75 Å². The topological polar surface area (TPSA) is 90.4 Å². The summed E-state index contributed by atoms with van der Waals surface area (Å²) < 4.78 is 2.05. The first-order chi connectivity index (χ1) is 16.0. The van der Waals surface area contributed by atoms with Crippen molar-refractivity contribution in [1.82, 2.24) is 19.8 Å². The average molecular weight is 443 g/mol. The minimum absolute atomic E-state index is 0.161. The zero-order chi connectivity index (χ0) is 23.1. The lowest BCUT2D eigenvalue weighted by Gasteiger charge is -2.18. The standard InChI is InChI=1S/C26H26N4O3/c1-3-29(4-2)11-12-30-15-20(18-10-9-16(31)13-22(18)30)24-23(25(32)28-26(24)33)19-14-27-21-8-6-5-7-17(19)21/h5-10,13-15,27,31H,3-4,11-12H2,1-2H3,(H,28,32,33). The lowest BCUT2D eigenvalue weighted by Crippen LogP contribution is -2.26. The Labute approximate surface area is 191 Å². The van der Waals surface area contributed by atoms with Gasteiger partial charge in [-0.25, -0.2) is 0 Å². The van der Waals surface area contributed by atoms with Crippen LogP contribution in [-0.4, -0.2) is 51.0 Å². The lowest BCUT2D eigenvalue weighted by atomic mass is 9.95. The maximum atomic E-state index is 13.0. The summed E-state index contributed by atoms with van der Waals surface area (Å²) in [6.45, 7) is 7.68. The first-order valence-electron chi connectivity index (χ1n) is 11.2. The molecule has 0 fully saturated rings. The van der Waals surface area contributed by atoms with E-state index in [1.807, 2.05) is 36.5 Å². The van der Waals surface area contributed by atoms with Crippen molar-refractivity contribution >= 4 is 44.8 Å². The molecule has 2 aromatic carbocycles. The number of likely N-dealkylation sites (N-methyl/N-ethyl adjacent to an activating group) is 1. The Bertz CT molecular complexity index is 1420. The van der Waals surface area contributed by atoms with Crippen LogP contribution in [0.2, 0.25) is 0 Å². The fourth-order valence-electron chi connectivity index (χ4n) is 4.70. The third kappa shape index (κ3) is 3.50. The number of fused-ring (bicyclic) bond motifs is 2. The SMILES string of the molecule is CCN(CC)CCn1cc(C2=C(c3c[nH]c4ccccc34)C(=O)NC2=O)c2ccc(O)cc21. The predicted molar refractivity (Wildman–Crippen MR) is 130 cm³/mol. The van der Waals surface area contributed by atoms with Gasteiger partial charge in [-0.3, -0.25) is 14.9 Å². The molecule has 168 valence electrons. The van der Waals surface area contributed by atoms with Gasteiger partial charge in [0.15, 0.2) is 0 Å². The number of phenolic OH excluding ortho intramolecular Hbond substituents is 1. The Kier molecular flexibility index (Phi) is 5.26. The number of nitrogens with zero attached hydrogens (tertiary/aromatic N) is 2. The number of aromatic amines is 1. The van der Waals surface area contributed by atoms with Crippen LogP contribution >= 0.6 is 0 Å². The number of carbonyl (C=O) groups is 2. The molecule has 0 bridgehead atoms. The van der Waals surface area contributed by atoms with E-state index in [0.29, 0.717) is 28.8 Å². The zero-order valence-electron chi connectivity index (χ0n) is 18.7. The average Bonchev–Trinajstić information content (AvgIpc) is 3.47. The highest BCUT2D eigenvalue weighted by atomic mass is 16.3. The van der Waals surface area contributed by atoms with Crippen molar-refractivity contribution in [1.29, 1.82) is 0 Å². The highest BCUT2D eigenvalue weighted by molar-refractivity contribution is 6.50. The van der Waals surface area contributed by atoms with Crippen molar-refractivity contribution < 1.29 is 14.7 Å². The van der Waals surface area contributed by atoms with Crippen LogP contribution in [0.5, 0.6) is 5.75 Å². The number of carbonyl (C=O) groups excluding carboxylic acids is 2. The molecule has 0 aliphatic carbocycles. The third-order valence-electron chi connectivity index (χ3n) is 6.48. The van der Waals surface area contributed by atoms with Crippen LogP contribution in [0.1, 0.15) is 25.0 Å². The number of para-hydroxylation sites is 1. The Morgan fingerprint density at radius 2 is 1.67 bits per heavy atom. The van der Waals surface area contributed by atoms with E-state index in [0.717, 1.165) is 41.4 Å². The van der Waals surface area contributed by atoms with Gasteiger partial charge in [0.25, 0.3) is 11.8 Å². The molecule has 0 spiro atoms. The van der Waals surface area contributed by atoms with Crippen LogP contribution in [0, 0.1) is 0 Å². The van der Waals surface area contributed by atoms with Crippen molar-refractivity contribution in [2.45, 2.75) is 20.4 Å². The number of hydrogen-bond donors (Lipinski definition) is 3. The molecular weight excluding hydrogens is 416 g/mol. The molecule has 1 aliphatic rings. The lowest BCUT2D eigenvalue weighted by molar-refractivity contribution is -0.122. The van der Waals surface area contributed by atoms with E-state index in [9.17, 15) is 14.7 Å². The summed E-state index contributed by atoms with van der Waals surface area (Å²) >= 11 is 0. The van der Waals surface area contributed by atoms with Gasteiger partial charge in [0, 0.05) is 59.0 Å². The minimum atomic E-state index is -0.406. The van der Waals surface area contributed by atoms with Crippen molar-refractivity contribution in [2.24, 2.45) is 0 Å². The monoisotopic (exact) mass is 442 g/mol. The highest BCUT2D eigenvalue weighted by Gasteiger charge is 2.35. The smallest absolute Gasteiger partial charge is 0.259 e. The predicted octanol–water partition coefficient (Wildman–Crippen LogP) is 3.74. The first-order valence-corrected chi connectivity index (χ1v) is 11.2. The molecule has 5 rings (SSSR count). The molecule has 7 nitrogen and oxygen atoms in total. The summed E-state index contributed by atoms with van der Waals surface area (Å²) in [5, 5.41) is 14.3. The molecule has 3 heterocycles. The number of amides is 2. The van der Waals surface area contributed by atoms with Gasteiger partial charge in [-0.2, -0.15) is 0 Å². The van der Waals surface area contributed by atoms with Gasteiger partial charge in [-0.1, -0.05) is 32.0 Å². The second kappa shape index (κ2) is 8.26. The number of imide groups is 1. The highest BCUT2D eigenvalue weighted by Crippen LogP contribution is 2.38. The van der Waals surface area contributed by atoms with Gasteiger partial charge in [-0.15, -0.1) is 0 Å². The first kappa shape index (κ1) is 21.0. The normalized spacial score (nSPS) is 14.3. The van der Waals surface area contributed by atoms with Gasteiger partial charge in [-0.05, 0) is 31.3 Å². The molecule has 4 aromatic rings. The fraction of sp³-hybridized carbons (Fsp3) is 0.231. The van der Waals surface area contributed by atoms with E-state index in [4.69, 9.17) is 0 Å². The fourth-order valence-corrected chi connectivity index (χ4v) is 4.70. The number of nitrogens with one attached hydrogen (secondary N) is 2. The van der Waals surface area contributed by atoms with Crippen molar-refractivity contribution in [3.8, 4) is 5.75 Å². The number of aromatic hydroxyl groups is 1. The van der Waals surface area contributed by atoms with E-state index in [1.54, 1.807) is 18.3 Å². The number of aromatic nitrogens is 2. The summed E-state index contributed by atoms with van der Waals surface area (Å²) in [6.07, 6.45) is 3.71. The summed E-state index contributed by atoms with van der Waals surface area (Å²) in [4.78, 5) is 31.5. The summed E-state index contributed by atoms with van der Waals surface area (Å²) in [5.74, 6) is -0.646. The molecule has 0 atom stereocenters. The van der Waals surface area contributed by atoms with E-state index in [1.165, 1.54) is 0 Å². The zero-order valence-corrected chi connectivity index (χ0v) is 18.7. The molecule has 0 saturated heterocycles. The molecule has 2 aromatic heterocycles. The molecule has 3 N–H and O–H groups in total. The quantitative estimate of drug-likeness (QED) is 0.381. The van der Waals surface area contributed by atoms with Crippen LogP contribution in [-0.2, 0) is 16.1 Å². The number of phenols is 1. The number of H-pyrrole nitrogens is 1. The van der Waals surface area contributed by atoms with Crippen LogP contribution < -0.4 is 5.32 Å². The van der Waals surface area contributed by atoms with Gasteiger partial charge in [0.1, 0.15) is 5.75 Å².